The number of aromatic amines is 1. The minimum atomic E-state index is -0.364. The Bertz CT molecular complexity index is 445. The first kappa shape index (κ1) is 10.5. The van der Waals surface area contributed by atoms with Crippen molar-refractivity contribution in [3.63, 3.8) is 0 Å². The number of carbonyl (C=O) groups is 1. The molecule has 1 aromatic heterocycles. The van der Waals surface area contributed by atoms with Crippen molar-refractivity contribution in [3.05, 3.63) is 16.7 Å². The van der Waals surface area contributed by atoms with Crippen molar-refractivity contribution < 1.29 is 4.79 Å². The average Bonchev–Trinajstić information content (AvgIpc) is 2.28. The topological polar surface area (TPSA) is 113 Å². The minimum Gasteiger partial charge on any atom is -0.391 e. The van der Waals surface area contributed by atoms with Crippen LogP contribution in [0.5, 0.6) is 0 Å². The van der Waals surface area contributed by atoms with Gasteiger partial charge in [0.1, 0.15) is 5.69 Å². The number of nitrogen functional groups attached to an aromatic ring is 1. The molecule has 7 heteroatoms. The molecular formula is C9H13N5O2. The predicted octanol–water partition coefficient (Wildman–Crippen LogP) is -0.957. The Labute approximate surface area is 91.5 Å². The van der Waals surface area contributed by atoms with E-state index in [0.29, 0.717) is 25.2 Å². The summed E-state index contributed by atoms with van der Waals surface area (Å²) in [7, 11) is 0. The fraction of sp³-hybridized carbons (Fsp3) is 0.444. The predicted molar refractivity (Wildman–Crippen MR) is 58.9 cm³/mol. The molecule has 0 aliphatic carbocycles. The Balaban J connectivity index is 2.07. The van der Waals surface area contributed by atoms with Gasteiger partial charge in [0.2, 0.25) is 5.91 Å². The molecule has 16 heavy (non-hydrogen) atoms. The van der Waals surface area contributed by atoms with Crippen molar-refractivity contribution in [1.82, 2.24) is 15.3 Å². The molecule has 1 aliphatic heterocycles. The van der Waals surface area contributed by atoms with Crippen molar-refractivity contribution in [2.45, 2.75) is 18.9 Å². The number of H-pyrrole nitrogens is 1. The summed E-state index contributed by atoms with van der Waals surface area (Å²) in [6.07, 6.45) is 2.48. The number of hydrogen-bond donors (Lipinski definition) is 4. The molecule has 0 aromatic carbocycles. The van der Waals surface area contributed by atoms with Crippen LogP contribution in [0.3, 0.4) is 0 Å². The van der Waals surface area contributed by atoms with E-state index in [1.54, 1.807) is 0 Å². The van der Waals surface area contributed by atoms with E-state index >= 15 is 0 Å². The quantitative estimate of drug-likeness (QED) is 0.516. The highest BCUT2D eigenvalue weighted by atomic mass is 16.1. The number of amides is 1. The Morgan fingerprint density at radius 3 is 3.00 bits per heavy atom. The van der Waals surface area contributed by atoms with E-state index in [1.165, 1.54) is 6.33 Å². The maximum atomic E-state index is 11.2. The summed E-state index contributed by atoms with van der Waals surface area (Å²) >= 11 is 0. The highest BCUT2D eigenvalue weighted by Gasteiger charge is 2.19. The van der Waals surface area contributed by atoms with Crippen LogP contribution in [-0.2, 0) is 4.79 Å². The fourth-order valence-corrected chi connectivity index (χ4v) is 1.57. The van der Waals surface area contributed by atoms with Gasteiger partial charge in [0, 0.05) is 19.0 Å². The second-order valence-corrected chi connectivity index (χ2v) is 3.68. The molecule has 1 unspecified atom stereocenters. The molecule has 0 spiro atoms. The molecule has 0 saturated carbocycles. The van der Waals surface area contributed by atoms with Crippen LogP contribution in [0.2, 0.25) is 0 Å². The van der Waals surface area contributed by atoms with Gasteiger partial charge in [0.05, 0.1) is 6.33 Å². The van der Waals surface area contributed by atoms with E-state index in [-0.39, 0.29) is 23.2 Å². The summed E-state index contributed by atoms with van der Waals surface area (Å²) in [5, 5.41) is 5.77. The normalized spacial score (nSPS) is 20.2. The molecule has 1 saturated heterocycles. The van der Waals surface area contributed by atoms with Gasteiger partial charge < -0.3 is 21.4 Å². The van der Waals surface area contributed by atoms with Gasteiger partial charge in [-0.15, -0.1) is 0 Å². The van der Waals surface area contributed by atoms with Crippen molar-refractivity contribution in [2.75, 3.05) is 17.6 Å². The van der Waals surface area contributed by atoms with E-state index < -0.39 is 0 Å². The molecule has 2 heterocycles. The zero-order valence-corrected chi connectivity index (χ0v) is 8.62. The number of nitrogens with zero attached hydrogens (tertiary/aromatic N) is 1. The van der Waals surface area contributed by atoms with E-state index in [4.69, 9.17) is 5.73 Å². The van der Waals surface area contributed by atoms with Crippen molar-refractivity contribution >= 4 is 17.4 Å². The first-order valence-electron chi connectivity index (χ1n) is 5.03. The first-order valence-corrected chi connectivity index (χ1v) is 5.03. The van der Waals surface area contributed by atoms with Gasteiger partial charge in [-0.05, 0) is 6.42 Å². The molecule has 0 bridgehead atoms. The van der Waals surface area contributed by atoms with E-state index in [2.05, 4.69) is 20.6 Å². The van der Waals surface area contributed by atoms with Crippen LogP contribution >= 0.6 is 0 Å². The molecule has 2 rings (SSSR count). The van der Waals surface area contributed by atoms with Crippen LogP contribution in [0.4, 0.5) is 11.5 Å². The lowest BCUT2D eigenvalue weighted by atomic mass is 10.1. The molecule has 1 atom stereocenters. The summed E-state index contributed by atoms with van der Waals surface area (Å²) in [4.78, 5) is 28.5. The third-order valence-electron chi connectivity index (χ3n) is 2.50. The molecule has 86 valence electrons. The van der Waals surface area contributed by atoms with Crippen molar-refractivity contribution in [3.8, 4) is 0 Å². The van der Waals surface area contributed by atoms with Crippen molar-refractivity contribution in [1.29, 1.82) is 0 Å². The van der Waals surface area contributed by atoms with E-state index in [9.17, 15) is 9.59 Å². The van der Waals surface area contributed by atoms with Crippen LogP contribution in [0.15, 0.2) is 11.1 Å². The lowest BCUT2D eigenvalue weighted by Crippen LogP contribution is -2.42. The number of hydrogen-bond acceptors (Lipinski definition) is 5. The minimum absolute atomic E-state index is 0.0462. The largest absolute Gasteiger partial charge is 0.391 e. The van der Waals surface area contributed by atoms with Gasteiger partial charge in [0.25, 0.3) is 5.56 Å². The third kappa shape index (κ3) is 2.13. The zero-order chi connectivity index (χ0) is 11.5. The Morgan fingerprint density at radius 2 is 2.31 bits per heavy atom. The number of nitrogens with one attached hydrogen (secondary N) is 3. The second-order valence-electron chi connectivity index (χ2n) is 3.68. The van der Waals surface area contributed by atoms with Gasteiger partial charge in [-0.1, -0.05) is 0 Å². The number of carbonyl (C=O) groups excluding carboxylic acids is 1. The summed E-state index contributed by atoms with van der Waals surface area (Å²) in [5.74, 6) is 0.412. The SMILES string of the molecule is Nc1c(NC2CCC(=O)NC2)nc[nH]c1=O. The second kappa shape index (κ2) is 4.21. The van der Waals surface area contributed by atoms with Crippen LogP contribution < -0.4 is 21.9 Å². The monoisotopic (exact) mass is 223 g/mol. The maximum Gasteiger partial charge on any atom is 0.276 e. The fourth-order valence-electron chi connectivity index (χ4n) is 1.57. The lowest BCUT2D eigenvalue weighted by molar-refractivity contribution is -0.122. The highest BCUT2D eigenvalue weighted by Crippen LogP contribution is 2.13. The van der Waals surface area contributed by atoms with Crippen LogP contribution in [0.1, 0.15) is 12.8 Å². The average molecular weight is 223 g/mol. The molecule has 1 aliphatic rings. The van der Waals surface area contributed by atoms with Gasteiger partial charge in [-0.2, -0.15) is 0 Å². The standard InChI is InChI=1S/C9H13N5O2/c10-7-8(12-4-13-9(7)16)14-5-1-2-6(15)11-3-5/h4-5H,1-3,10H2,(H,11,15)(H2,12,13,14,16). The van der Waals surface area contributed by atoms with E-state index in [0.717, 1.165) is 0 Å². The number of aromatic nitrogens is 2. The third-order valence-corrected chi connectivity index (χ3v) is 2.50. The summed E-state index contributed by atoms with van der Waals surface area (Å²) < 4.78 is 0. The number of piperidine rings is 1. The molecular weight excluding hydrogens is 210 g/mol. The van der Waals surface area contributed by atoms with Gasteiger partial charge in [-0.25, -0.2) is 4.98 Å². The Hall–Kier alpha value is -2.05. The molecule has 7 nitrogen and oxygen atoms in total. The summed E-state index contributed by atoms with van der Waals surface area (Å²) in [6.45, 7) is 0.521. The zero-order valence-electron chi connectivity index (χ0n) is 8.62. The summed E-state index contributed by atoms with van der Waals surface area (Å²) in [5.41, 5.74) is 5.28. The maximum absolute atomic E-state index is 11.2. The molecule has 1 fully saturated rings. The Kier molecular flexibility index (Phi) is 2.76. The number of anilines is 2. The molecule has 0 radical (unpaired) electrons. The Morgan fingerprint density at radius 1 is 1.50 bits per heavy atom. The van der Waals surface area contributed by atoms with E-state index in [1.807, 2.05) is 0 Å². The number of rotatable bonds is 2. The van der Waals surface area contributed by atoms with Gasteiger partial charge in [0.15, 0.2) is 5.82 Å². The van der Waals surface area contributed by atoms with Crippen LogP contribution in [-0.4, -0.2) is 28.5 Å². The van der Waals surface area contributed by atoms with Crippen molar-refractivity contribution in [2.24, 2.45) is 0 Å². The first-order chi connectivity index (χ1) is 7.66. The molecule has 1 amide bonds. The lowest BCUT2D eigenvalue weighted by Gasteiger charge is -2.24. The van der Waals surface area contributed by atoms with Gasteiger partial charge in [-0.3, -0.25) is 9.59 Å². The van der Waals surface area contributed by atoms with Crippen LogP contribution in [0.25, 0.3) is 0 Å². The highest BCUT2D eigenvalue weighted by molar-refractivity contribution is 5.77. The van der Waals surface area contributed by atoms with Gasteiger partial charge >= 0.3 is 0 Å². The smallest absolute Gasteiger partial charge is 0.276 e. The summed E-state index contributed by atoms with van der Waals surface area (Å²) in [6, 6.07) is 0.0642. The number of nitrogens with two attached hydrogens (primary N) is 1. The van der Waals surface area contributed by atoms with Crippen LogP contribution in [0, 0.1) is 0 Å². The molecule has 1 aromatic rings. The molecule has 5 N–H and O–H groups in total.